The lowest BCUT2D eigenvalue weighted by molar-refractivity contribution is -0.150. The Morgan fingerprint density at radius 3 is 2.36 bits per heavy atom. The topological polar surface area (TPSA) is 65.0 Å². The Morgan fingerprint density at radius 1 is 1.08 bits per heavy atom. The molecular formula is C20H22O5. The van der Waals surface area contributed by atoms with Crippen LogP contribution in [0.5, 0.6) is 11.5 Å². The van der Waals surface area contributed by atoms with Gasteiger partial charge in [-0.3, -0.25) is 4.79 Å². The minimum atomic E-state index is -1.18. The molecule has 0 saturated carbocycles. The molecule has 1 heterocycles. The molecular weight excluding hydrogens is 320 g/mol. The van der Waals surface area contributed by atoms with Gasteiger partial charge >= 0.3 is 0 Å². The van der Waals surface area contributed by atoms with Crippen molar-refractivity contribution >= 4 is 5.78 Å². The molecule has 0 amide bonds. The molecule has 0 unspecified atom stereocenters. The maximum atomic E-state index is 13.2. The lowest BCUT2D eigenvalue weighted by Gasteiger charge is -2.30. The molecule has 1 saturated heterocycles. The average Bonchev–Trinajstić information content (AvgIpc) is 3.02. The number of hydrogen-bond acceptors (Lipinski definition) is 5. The first-order chi connectivity index (χ1) is 11.8. The monoisotopic (exact) mass is 342 g/mol. The van der Waals surface area contributed by atoms with E-state index in [9.17, 15) is 9.90 Å². The normalized spacial score (nSPS) is 16.6. The highest BCUT2D eigenvalue weighted by molar-refractivity contribution is 6.05. The van der Waals surface area contributed by atoms with Crippen molar-refractivity contribution in [2.45, 2.75) is 32.2 Å². The summed E-state index contributed by atoms with van der Waals surface area (Å²) < 4.78 is 17.2. The van der Waals surface area contributed by atoms with Crippen molar-refractivity contribution in [3.63, 3.8) is 0 Å². The smallest absolute Gasteiger partial charge is 0.209 e. The average molecular weight is 342 g/mol. The summed E-state index contributed by atoms with van der Waals surface area (Å²) in [5, 5.41) is 10.4. The van der Waals surface area contributed by atoms with E-state index in [0.717, 1.165) is 0 Å². The molecule has 5 nitrogen and oxygen atoms in total. The van der Waals surface area contributed by atoms with Crippen molar-refractivity contribution in [3.05, 3.63) is 59.7 Å². The van der Waals surface area contributed by atoms with Crippen LogP contribution in [0.4, 0.5) is 0 Å². The van der Waals surface area contributed by atoms with E-state index in [-0.39, 0.29) is 17.1 Å². The zero-order valence-corrected chi connectivity index (χ0v) is 14.6. The van der Waals surface area contributed by atoms with Crippen LogP contribution in [-0.4, -0.2) is 29.7 Å². The lowest BCUT2D eigenvalue weighted by Crippen LogP contribution is -2.40. The van der Waals surface area contributed by atoms with E-state index in [1.807, 2.05) is 18.2 Å². The molecule has 0 spiro atoms. The van der Waals surface area contributed by atoms with E-state index in [1.54, 1.807) is 45.0 Å². The Balaban J connectivity index is 1.99. The molecule has 2 aromatic rings. The van der Waals surface area contributed by atoms with Gasteiger partial charge in [-0.1, -0.05) is 30.3 Å². The van der Waals surface area contributed by atoms with Gasteiger partial charge < -0.3 is 19.3 Å². The van der Waals surface area contributed by atoms with Gasteiger partial charge in [0.1, 0.15) is 11.5 Å². The van der Waals surface area contributed by atoms with Gasteiger partial charge in [0, 0.05) is 5.56 Å². The van der Waals surface area contributed by atoms with E-state index >= 15 is 0 Å². The summed E-state index contributed by atoms with van der Waals surface area (Å²) in [4.78, 5) is 13.2. The van der Waals surface area contributed by atoms with Gasteiger partial charge in [0.25, 0.3) is 0 Å². The van der Waals surface area contributed by atoms with Crippen LogP contribution in [0.25, 0.3) is 0 Å². The number of ketones is 1. The van der Waals surface area contributed by atoms with Crippen LogP contribution in [0.15, 0.2) is 48.5 Å². The Hall–Kier alpha value is -2.37. The molecule has 2 aromatic carbocycles. The SMILES string of the molecule is CC(C)(Oc1ccccc1)C(=O)c1c(O)cccc1C1(C)OCCO1. The second-order valence-corrected chi connectivity index (χ2v) is 6.60. The Labute approximate surface area is 147 Å². The molecule has 0 atom stereocenters. The molecule has 1 aliphatic rings. The summed E-state index contributed by atoms with van der Waals surface area (Å²) in [5.74, 6) is -0.943. The van der Waals surface area contributed by atoms with Crippen molar-refractivity contribution in [2.24, 2.45) is 0 Å². The predicted molar refractivity (Wildman–Crippen MR) is 92.8 cm³/mol. The summed E-state index contributed by atoms with van der Waals surface area (Å²) in [6, 6.07) is 14.0. The van der Waals surface area contributed by atoms with Crippen LogP contribution in [0.2, 0.25) is 0 Å². The molecule has 1 aliphatic heterocycles. The highest BCUT2D eigenvalue weighted by Crippen LogP contribution is 2.38. The number of rotatable bonds is 5. The van der Waals surface area contributed by atoms with Gasteiger partial charge in [0.2, 0.25) is 5.78 Å². The third-order valence-corrected chi connectivity index (χ3v) is 4.26. The van der Waals surface area contributed by atoms with E-state index in [2.05, 4.69) is 0 Å². The fourth-order valence-electron chi connectivity index (χ4n) is 2.96. The third kappa shape index (κ3) is 3.38. The van der Waals surface area contributed by atoms with Crippen LogP contribution < -0.4 is 4.74 Å². The largest absolute Gasteiger partial charge is 0.507 e. The van der Waals surface area contributed by atoms with Crippen LogP contribution in [-0.2, 0) is 15.3 Å². The molecule has 1 N–H and O–H groups in total. The first kappa shape index (κ1) is 17.5. The van der Waals surface area contributed by atoms with Crippen LogP contribution in [0.3, 0.4) is 0 Å². The van der Waals surface area contributed by atoms with Gasteiger partial charge in [-0.05, 0) is 39.0 Å². The number of phenolic OH excluding ortho intramolecular Hbond substituents is 1. The molecule has 25 heavy (non-hydrogen) atoms. The number of carbonyl (C=O) groups excluding carboxylic acids is 1. The van der Waals surface area contributed by atoms with Crippen molar-refractivity contribution < 1.29 is 24.1 Å². The van der Waals surface area contributed by atoms with Crippen LogP contribution in [0, 0.1) is 0 Å². The second-order valence-electron chi connectivity index (χ2n) is 6.60. The molecule has 0 aliphatic carbocycles. The summed E-state index contributed by atoms with van der Waals surface area (Å²) in [5.41, 5.74) is -0.517. The van der Waals surface area contributed by atoms with Crippen LogP contribution in [0.1, 0.15) is 36.7 Å². The van der Waals surface area contributed by atoms with Gasteiger partial charge in [0.15, 0.2) is 11.4 Å². The fourth-order valence-corrected chi connectivity index (χ4v) is 2.96. The standard InChI is InChI=1S/C20H22O5/c1-19(2,25-14-8-5-4-6-9-14)18(22)17-15(10-7-11-16(17)21)20(3)23-12-13-24-20/h4-11,21H,12-13H2,1-3H3. The maximum absolute atomic E-state index is 13.2. The predicted octanol–water partition coefficient (Wildman–Crippen LogP) is 3.65. The van der Waals surface area contributed by atoms with Gasteiger partial charge in [-0.25, -0.2) is 0 Å². The van der Waals surface area contributed by atoms with E-state index < -0.39 is 11.4 Å². The van der Waals surface area contributed by atoms with Gasteiger partial charge in [-0.2, -0.15) is 0 Å². The first-order valence-corrected chi connectivity index (χ1v) is 8.23. The molecule has 1 fully saturated rings. The van der Waals surface area contributed by atoms with E-state index in [1.165, 1.54) is 6.07 Å². The highest BCUT2D eigenvalue weighted by atomic mass is 16.7. The Kier molecular flexibility index (Phi) is 4.54. The van der Waals surface area contributed by atoms with Crippen LogP contribution >= 0.6 is 0 Å². The highest BCUT2D eigenvalue weighted by Gasteiger charge is 2.41. The number of aromatic hydroxyl groups is 1. The molecule has 0 aromatic heterocycles. The summed E-state index contributed by atoms with van der Waals surface area (Å²) >= 11 is 0. The van der Waals surface area contributed by atoms with E-state index in [4.69, 9.17) is 14.2 Å². The molecule has 3 rings (SSSR count). The number of Topliss-reactive ketones (excluding diaryl/α,β-unsaturated/α-hetero) is 1. The molecule has 5 heteroatoms. The molecule has 0 radical (unpaired) electrons. The quantitative estimate of drug-likeness (QED) is 0.840. The Morgan fingerprint density at radius 2 is 1.72 bits per heavy atom. The molecule has 0 bridgehead atoms. The summed E-state index contributed by atoms with van der Waals surface area (Å²) in [6.45, 7) is 5.97. The first-order valence-electron chi connectivity index (χ1n) is 8.23. The second kappa shape index (κ2) is 6.50. The van der Waals surface area contributed by atoms with Crippen molar-refractivity contribution in [1.82, 2.24) is 0 Å². The number of benzene rings is 2. The zero-order chi connectivity index (χ0) is 18.1. The minimum absolute atomic E-state index is 0.118. The number of hydrogen-bond donors (Lipinski definition) is 1. The van der Waals surface area contributed by atoms with Gasteiger partial charge in [-0.15, -0.1) is 0 Å². The number of para-hydroxylation sites is 1. The third-order valence-electron chi connectivity index (χ3n) is 4.26. The zero-order valence-electron chi connectivity index (χ0n) is 14.6. The molecule has 132 valence electrons. The number of ether oxygens (including phenoxy) is 3. The van der Waals surface area contributed by atoms with E-state index in [0.29, 0.717) is 24.5 Å². The van der Waals surface area contributed by atoms with Crippen molar-refractivity contribution in [3.8, 4) is 11.5 Å². The summed E-state index contributed by atoms with van der Waals surface area (Å²) in [7, 11) is 0. The Bertz CT molecular complexity index is 761. The maximum Gasteiger partial charge on any atom is 0.209 e. The lowest BCUT2D eigenvalue weighted by atomic mass is 9.89. The number of phenols is 1. The summed E-state index contributed by atoms with van der Waals surface area (Å²) in [6.07, 6.45) is 0. The number of carbonyl (C=O) groups is 1. The van der Waals surface area contributed by atoms with Crippen molar-refractivity contribution in [1.29, 1.82) is 0 Å². The van der Waals surface area contributed by atoms with Crippen molar-refractivity contribution in [2.75, 3.05) is 13.2 Å². The van der Waals surface area contributed by atoms with Gasteiger partial charge in [0.05, 0.1) is 18.8 Å². The fraction of sp³-hybridized carbons (Fsp3) is 0.350. The minimum Gasteiger partial charge on any atom is -0.507 e.